The minimum absolute atomic E-state index is 0.0128. The van der Waals surface area contributed by atoms with Crippen molar-refractivity contribution < 1.29 is 4.79 Å². The van der Waals surface area contributed by atoms with Crippen LogP contribution < -0.4 is 11.1 Å². The maximum Gasteiger partial charge on any atom is 0.224 e. The minimum atomic E-state index is -0.0128. The molecule has 4 heteroatoms. The SMILES string of the molecule is CSCCCCCNC(=O)C(CN)CC(C)C. The molecule has 0 aliphatic carbocycles. The first-order valence-electron chi connectivity index (χ1n) is 6.58. The summed E-state index contributed by atoms with van der Waals surface area (Å²) in [6.07, 6.45) is 6.52. The molecule has 1 atom stereocenters. The molecule has 0 saturated carbocycles. The van der Waals surface area contributed by atoms with Crippen LogP contribution in [0.3, 0.4) is 0 Å². The van der Waals surface area contributed by atoms with Gasteiger partial charge < -0.3 is 11.1 Å². The van der Waals surface area contributed by atoms with Gasteiger partial charge in [0.1, 0.15) is 0 Å². The highest BCUT2D eigenvalue weighted by Crippen LogP contribution is 2.10. The number of hydrogen-bond donors (Lipinski definition) is 2. The van der Waals surface area contributed by atoms with Gasteiger partial charge in [0.25, 0.3) is 0 Å². The van der Waals surface area contributed by atoms with Gasteiger partial charge in [0.15, 0.2) is 0 Å². The summed E-state index contributed by atoms with van der Waals surface area (Å²) in [5, 5.41) is 2.99. The minimum Gasteiger partial charge on any atom is -0.356 e. The van der Waals surface area contributed by atoms with Gasteiger partial charge in [0, 0.05) is 13.1 Å². The molecule has 102 valence electrons. The third-order valence-corrected chi connectivity index (χ3v) is 3.43. The summed E-state index contributed by atoms with van der Waals surface area (Å²) in [6, 6.07) is 0. The van der Waals surface area contributed by atoms with E-state index in [9.17, 15) is 4.79 Å². The van der Waals surface area contributed by atoms with Gasteiger partial charge in [-0.2, -0.15) is 11.8 Å². The van der Waals surface area contributed by atoms with Crippen LogP contribution in [-0.4, -0.2) is 31.0 Å². The fourth-order valence-electron chi connectivity index (χ4n) is 1.78. The zero-order chi connectivity index (χ0) is 13.1. The Labute approximate surface area is 110 Å². The third kappa shape index (κ3) is 9.48. The molecule has 0 rings (SSSR count). The summed E-state index contributed by atoms with van der Waals surface area (Å²) in [7, 11) is 0. The average molecular weight is 260 g/mol. The second kappa shape index (κ2) is 10.9. The van der Waals surface area contributed by atoms with E-state index in [0.29, 0.717) is 12.5 Å². The predicted molar refractivity (Wildman–Crippen MR) is 77.2 cm³/mol. The van der Waals surface area contributed by atoms with Gasteiger partial charge in [-0.3, -0.25) is 4.79 Å². The lowest BCUT2D eigenvalue weighted by Crippen LogP contribution is -2.36. The molecule has 0 aromatic carbocycles. The van der Waals surface area contributed by atoms with Crippen LogP contribution in [0.5, 0.6) is 0 Å². The number of carbonyl (C=O) groups is 1. The maximum absolute atomic E-state index is 11.8. The molecule has 0 aromatic heterocycles. The highest BCUT2D eigenvalue weighted by Gasteiger charge is 2.17. The van der Waals surface area contributed by atoms with E-state index in [-0.39, 0.29) is 11.8 Å². The Balaban J connectivity index is 3.61. The van der Waals surface area contributed by atoms with E-state index in [4.69, 9.17) is 5.73 Å². The van der Waals surface area contributed by atoms with Gasteiger partial charge in [-0.25, -0.2) is 0 Å². The molecule has 0 aliphatic rings. The zero-order valence-electron chi connectivity index (χ0n) is 11.5. The molecule has 17 heavy (non-hydrogen) atoms. The van der Waals surface area contributed by atoms with Crippen molar-refractivity contribution in [2.45, 2.75) is 39.5 Å². The van der Waals surface area contributed by atoms with Gasteiger partial charge in [0.2, 0.25) is 5.91 Å². The largest absolute Gasteiger partial charge is 0.356 e. The van der Waals surface area contributed by atoms with E-state index >= 15 is 0 Å². The number of amides is 1. The molecule has 0 aromatic rings. The second-order valence-electron chi connectivity index (χ2n) is 4.91. The molecule has 0 radical (unpaired) electrons. The van der Waals surface area contributed by atoms with Crippen LogP contribution in [0.2, 0.25) is 0 Å². The first kappa shape index (κ1) is 16.8. The Morgan fingerprint density at radius 2 is 2.00 bits per heavy atom. The second-order valence-corrected chi connectivity index (χ2v) is 5.89. The Kier molecular flexibility index (Phi) is 10.8. The van der Waals surface area contributed by atoms with Gasteiger partial charge in [-0.1, -0.05) is 20.3 Å². The van der Waals surface area contributed by atoms with Crippen molar-refractivity contribution in [3.63, 3.8) is 0 Å². The van der Waals surface area contributed by atoms with E-state index in [0.717, 1.165) is 19.4 Å². The Bertz CT molecular complexity index is 198. The van der Waals surface area contributed by atoms with Gasteiger partial charge in [0.05, 0.1) is 5.92 Å². The normalized spacial score (nSPS) is 12.8. The van der Waals surface area contributed by atoms with Crippen molar-refractivity contribution in [2.24, 2.45) is 17.6 Å². The van der Waals surface area contributed by atoms with Gasteiger partial charge in [-0.15, -0.1) is 0 Å². The molecule has 3 nitrogen and oxygen atoms in total. The Morgan fingerprint density at radius 3 is 2.53 bits per heavy atom. The first-order chi connectivity index (χ1) is 8.11. The average Bonchev–Trinajstić information content (AvgIpc) is 2.30. The van der Waals surface area contributed by atoms with Crippen molar-refractivity contribution in [1.29, 1.82) is 0 Å². The molecule has 0 fully saturated rings. The molecule has 0 aliphatic heterocycles. The van der Waals surface area contributed by atoms with Crippen molar-refractivity contribution in [1.82, 2.24) is 5.32 Å². The quantitative estimate of drug-likeness (QED) is 0.592. The standard InChI is InChI=1S/C13H28N2OS/c1-11(2)9-12(10-14)13(16)15-7-5-4-6-8-17-3/h11-12H,4-10,14H2,1-3H3,(H,15,16). The maximum atomic E-state index is 11.8. The smallest absolute Gasteiger partial charge is 0.224 e. The molecule has 0 saturated heterocycles. The molecular weight excluding hydrogens is 232 g/mol. The van der Waals surface area contributed by atoms with Crippen LogP contribution in [0.1, 0.15) is 39.5 Å². The number of nitrogens with two attached hydrogens (primary N) is 1. The molecule has 0 spiro atoms. The number of unbranched alkanes of at least 4 members (excludes halogenated alkanes) is 2. The van der Waals surface area contributed by atoms with Crippen LogP contribution in [0.4, 0.5) is 0 Å². The number of thioether (sulfide) groups is 1. The van der Waals surface area contributed by atoms with Crippen LogP contribution in [0, 0.1) is 11.8 Å². The number of carbonyl (C=O) groups excluding carboxylic acids is 1. The van der Waals surface area contributed by atoms with Crippen LogP contribution in [0.15, 0.2) is 0 Å². The Hall–Kier alpha value is -0.220. The third-order valence-electron chi connectivity index (χ3n) is 2.74. The molecular formula is C13H28N2OS. The molecule has 1 amide bonds. The summed E-state index contributed by atoms with van der Waals surface area (Å²) in [4.78, 5) is 11.8. The number of hydrogen-bond acceptors (Lipinski definition) is 3. The van der Waals surface area contributed by atoms with Crippen molar-refractivity contribution in [3.05, 3.63) is 0 Å². The van der Waals surface area contributed by atoms with E-state index in [2.05, 4.69) is 25.4 Å². The fraction of sp³-hybridized carbons (Fsp3) is 0.923. The summed E-state index contributed by atoms with van der Waals surface area (Å²) >= 11 is 1.88. The lowest BCUT2D eigenvalue weighted by Gasteiger charge is -2.16. The van der Waals surface area contributed by atoms with E-state index < -0.39 is 0 Å². The highest BCUT2D eigenvalue weighted by molar-refractivity contribution is 7.98. The summed E-state index contributed by atoms with van der Waals surface area (Å²) in [6.45, 7) is 5.50. The molecule has 3 N–H and O–H groups in total. The zero-order valence-corrected chi connectivity index (χ0v) is 12.3. The fourth-order valence-corrected chi connectivity index (χ4v) is 2.28. The van der Waals surface area contributed by atoms with Crippen LogP contribution in [-0.2, 0) is 4.79 Å². The van der Waals surface area contributed by atoms with Crippen LogP contribution in [0.25, 0.3) is 0 Å². The lowest BCUT2D eigenvalue weighted by molar-refractivity contribution is -0.125. The van der Waals surface area contributed by atoms with Crippen molar-refractivity contribution >= 4 is 17.7 Å². The van der Waals surface area contributed by atoms with E-state index in [1.54, 1.807) is 0 Å². The highest BCUT2D eigenvalue weighted by atomic mass is 32.2. The Morgan fingerprint density at radius 1 is 1.29 bits per heavy atom. The first-order valence-corrected chi connectivity index (χ1v) is 7.97. The molecule has 0 bridgehead atoms. The van der Waals surface area contributed by atoms with Crippen molar-refractivity contribution in [2.75, 3.05) is 25.1 Å². The summed E-state index contributed by atoms with van der Waals surface area (Å²) in [5.74, 6) is 1.86. The topological polar surface area (TPSA) is 55.1 Å². The molecule has 0 heterocycles. The number of nitrogens with one attached hydrogen (secondary N) is 1. The lowest BCUT2D eigenvalue weighted by atomic mass is 9.96. The van der Waals surface area contributed by atoms with E-state index in [1.165, 1.54) is 18.6 Å². The van der Waals surface area contributed by atoms with Gasteiger partial charge >= 0.3 is 0 Å². The van der Waals surface area contributed by atoms with E-state index in [1.807, 2.05) is 11.8 Å². The number of rotatable bonds is 10. The van der Waals surface area contributed by atoms with Crippen molar-refractivity contribution in [3.8, 4) is 0 Å². The summed E-state index contributed by atoms with van der Waals surface area (Å²) < 4.78 is 0. The predicted octanol–water partition coefficient (Wildman–Crippen LogP) is 2.26. The molecule has 1 unspecified atom stereocenters. The van der Waals surface area contributed by atoms with Gasteiger partial charge in [-0.05, 0) is 37.2 Å². The van der Waals surface area contributed by atoms with Crippen LogP contribution >= 0.6 is 11.8 Å². The summed E-state index contributed by atoms with van der Waals surface area (Å²) in [5.41, 5.74) is 5.63. The monoisotopic (exact) mass is 260 g/mol.